The van der Waals surface area contributed by atoms with Crippen molar-refractivity contribution in [2.75, 3.05) is 5.73 Å². The predicted octanol–water partition coefficient (Wildman–Crippen LogP) is 4.26. The van der Waals surface area contributed by atoms with Crippen molar-refractivity contribution in [3.8, 4) is 17.1 Å². The first-order valence-corrected chi connectivity index (χ1v) is 8.32. The third kappa shape index (κ3) is 3.18. The molecule has 1 aromatic heterocycles. The minimum Gasteiger partial charge on any atom is -0.452 e. The highest BCUT2D eigenvalue weighted by atomic mass is 16.5. The second kappa shape index (κ2) is 6.80. The first-order chi connectivity index (χ1) is 13.1. The van der Waals surface area contributed by atoms with E-state index in [1.165, 1.54) is 6.07 Å². The van der Waals surface area contributed by atoms with Crippen LogP contribution in [-0.2, 0) is 0 Å². The van der Waals surface area contributed by atoms with Crippen LogP contribution in [0.3, 0.4) is 0 Å². The molecule has 2 N–H and O–H groups in total. The number of benzene rings is 3. The van der Waals surface area contributed by atoms with Gasteiger partial charge in [-0.15, -0.1) is 0 Å². The lowest BCUT2D eigenvalue weighted by Gasteiger charge is -2.10. The lowest BCUT2D eigenvalue weighted by Crippen LogP contribution is -2.16. The summed E-state index contributed by atoms with van der Waals surface area (Å²) in [6, 6.07) is 22.3. The van der Waals surface area contributed by atoms with Crippen LogP contribution in [0.4, 0.5) is 5.69 Å². The van der Waals surface area contributed by atoms with Crippen LogP contribution in [0.2, 0.25) is 0 Å². The molecular weight excluding hydrogens is 342 g/mol. The molecule has 132 valence electrons. The first kappa shape index (κ1) is 16.6. The summed E-state index contributed by atoms with van der Waals surface area (Å²) in [5.74, 6) is -0.620. The van der Waals surface area contributed by atoms with E-state index in [-0.39, 0.29) is 17.1 Å². The highest BCUT2D eigenvalue weighted by molar-refractivity contribution is 5.93. The van der Waals surface area contributed by atoms with Crippen molar-refractivity contribution < 1.29 is 13.9 Å². The second-order valence-electron chi connectivity index (χ2n) is 5.97. The van der Waals surface area contributed by atoms with Crippen molar-refractivity contribution in [3.05, 3.63) is 94.6 Å². The summed E-state index contributed by atoms with van der Waals surface area (Å²) in [6.45, 7) is 0. The van der Waals surface area contributed by atoms with Crippen LogP contribution in [0, 0.1) is 0 Å². The number of nitrogen functional groups attached to an aromatic ring is 1. The van der Waals surface area contributed by atoms with Gasteiger partial charge in [-0.1, -0.05) is 48.5 Å². The molecule has 0 saturated heterocycles. The molecule has 5 heteroatoms. The number of carbonyl (C=O) groups excluding carboxylic acids is 1. The van der Waals surface area contributed by atoms with Crippen molar-refractivity contribution >= 4 is 22.6 Å². The Hall–Kier alpha value is -3.86. The molecule has 3 aromatic carbocycles. The molecule has 0 bridgehead atoms. The summed E-state index contributed by atoms with van der Waals surface area (Å²) in [6.07, 6.45) is 0. The maximum Gasteiger partial charge on any atom is 0.343 e. The Morgan fingerprint density at radius 1 is 0.889 bits per heavy atom. The molecule has 5 nitrogen and oxygen atoms in total. The number of anilines is 1. The molecule has 0 saturated carbocycles. The quantitative estimate of drug-likeness (QED) is 0.437. The van der Waals surface area contributed by atoms with Gasteiger partial charge >= 0.3 is 5.97 Å². The third-order valence-electron chi connectivity index (χ3n) is 4.11. The minimum absolute atomic E-state index is 0.146. The molecule has 0 aliphatic rings. The second-order valence-corrected chi connectivity index (χ2v) is 5.97. The van der Waals surface area contributed by atoms with E-state index in [1.807, 2.05) is 18.2 Å². The van der Waals surface area contributed by atoms with Crippen LogP contribution in [0.25, 0.3) is 22.3 Å². The Labute approximate surface area is 154 Å². The fourth-order valence-corrected chi connectivity index (χ4v) is 2.81. The van der Waals surface area contributed by atoms with E-state index in [0.717, 1.165) is 0 Å². The minimum atomic E-state index is -0.679. The number of carbonyl (C=O) groups is 1. The molecule has 0 unspecified atom stereocenters. The van der Waals surface area contributed by atoms with Gasteiger partial charge in [-0.3, -0.25) is 4.79 Å². The summed E-state index contributed by atoms with van der Waals surface area (Å²) in [5.41, 5.74) is 7.05. The molecule has 4 rings (SSSR count). The maximum absolute atomic E-state index is 13.0. The molecule has 0 radical (unpaired) electrons. The maximum atomic E-state index is 13.0. The van der Waals surface area contributed by atoms with Gasteiger partial charge in [0.2, 0.25) is 11.2 Å². The Kier molecular flexibility index (Phi) is 4.18. The molecule has 0 atom stereocenters. The van der Waals surface area contributed by atoms with Gasteiger partial charge in [-0.05, 0) is 30.3 Å². The molecule has 0 spiro atoms. The van der Waals surface area contributed by atoms with Crippen LogP contribution in [-0.4, -0.2) is 5.97 Å². The van der Waals surface area contributed by atoms with Crippen molar-refractivity contribution in [2.24, 2.45) is 0 Å². The number of rotatable bonds is 3. The van der Waals surface area contributed by atoms with E-state index < -0.39 is 11.4 Å². The van der Waals surface area contributed by atoms with E-state index >= 15 is 0 Å². The van der Waals surface area contributed by atoms with E-state index in [4.69, 9.17) is 14.9 Å². The molecule has 0 fully saturated rings. The van der Waals surface area contributed by atoms with Crippen molar-refractivity contribution in [1.82, 2.24) is 0 Å². The van der Waals surface area contributed by atoms with Gasteiger partial charge in [0.15, 0.2) is 5.76 Å². The van der Waals surface area contributed by atoms with Gasteiger partial charge in [0.05, 0.1) is 10.9 Å². The smallest absolute Gasteiger partial charge is 0.343 e. The average Bonchev–Trinajstić information content (AvgIpc) is 2.70. The summed E-state index contributed by atoms with van der Waals surface area (Å²) in [7, 11) is 0. The Morgan fingerprint density at radius 2 is 1.63 bits per heavy atom. The van der Waals surface area contributed by atoms with Crippen molar-refractivity contribution in [2.45, 2.75) is 0 Å². The van der Waals surface area contributed by atoms with Gasteiger partial charge in [0, 0.05) is 11.3 Å². The summed E-state index contributed by atoms with van der Waals surface area (Å²) in [4.78, 5) is 25.6. The van der Waals surface area contributed by atoms with Crippen LogP contribution >= 0.6 is 0 Å². The number of ether oxygens (including phenoxy) is 1. The molecular formula is C22H15NO4. The first-order valence-electron chi connectivity index (χ1n) is 8.32. The molecule has 0 aliphatic heterocycles. The van der Waals surface area contributed by atoms with Crippen LogP contribution in [0.1, 0.15) is 10.4 Å². The van der Waals surface area contributed by atoms with E-state index in [9.17, 15) is 9.59 Å². The number of hydrogen-bond acceptors (Lipinski definition) is 5. The van der Waals surface area contributed by atoms with Crippen molar-refractivity contribution in [3.63, 3.8) is 0 Å². The summed E-state index contributed by atoms with van der Waals surface area (Å²) in [5, 5.41) is 0.340. The number of esters is 1. The van der Waals surface area contributed by atoms with E-state index in [2.05, 4.69) is 0 Å². The highest BCUT2D eigenvalue weighted by Gasteiger charge is 2.21. The highest BCUT2D eigenvalue weighted by Crippen LogP contribution is 2.31. The van der Waals surface area contributed by atoms with Gasteiger partial charge in [-0.2, -0.15) is 0 Å². The zero-order valence-electron chi connectivity index (χ0n) is 14.2. The normalized spacial score (nSPS) is 10.7. The molecule has 1 heterocycles. The fourth-order valence-electron chi connectivity index (χ4n) is 2.81. The number of hydrogen-bond donors (Lipinski definition) is 1. The Bertz CT molecular complexity index is 1200. The van der Waals surface area contributed by atoms with Gasteiger partial charge in [-0.25, -0.2) is 4.79 Å². The fraction of sp³-hybridized carbons (Fsp3) is 0. The van der Waals surface area contributed by atoms with E-state index in [0.29, 0.717) is 22.2 Å². The van der Waals surface area contributed by atoms with Crippen LogP contribution in [0.5, 0.6) is 5.75 Å². The zero-order chi connectivity index (χ0) is 18.8. The summed E-state index contributed by atoms with van der Waals surface area (Å²) >= 11 is 0. The molecule has 0 aliphatic carbocycles. The third-order valence-corrected chi connectivity index (χ3v) is 4.11. The largest absolute Gasteiger partial charge is 0.452 e. The van der Waals surface area contributed by atoms with Gasteiger partial charge < -0.3 is 14.9 Å². The standard InChI is InChI=1S/C22H15NO4/c23-16-10-6-9-15(13-16)22(25)27-21-19(24)17-11-4-5-12-18(17)26-20(21)14-7-2-1-3-8-14/h1-13H,23H2. The van der Waals surface area contributed by atoms with Gasteiger partial charge in [0.1, 0.15) is 5.58 Å². The number of fused-ring (bicyclic) bond motifs is 1. The Morgan fingerprint density at radius 3 is 2.41 bits per heavy atom. The number of para-hydroxylation sites is 1. The summed E-state index contributed by atoms with van der Waals surface area (Å²) < 4.78 is 11.4. The topological polar surface area (TPSA) is 82.5 Å². The average molecular weight is 357 g/mol. The number of nitrogens with two attached hydrogens (primary N) is 1. The Balaban J connectivity index is 1.89. The lowest BCUT2D eigenvalue weighted by molar-refractivity contribution is 0.0731. The predicted molar refractivity (Wildman–Crippen MR) is 104 cm³/mol. The van der Waals surface area contributed by atoms with Gasteiger partial charge in [0.25, 0.3) is 0 Å². The van der Waals surface area contributed by atoms with Crippen LogP contribution in [0.15, 0.2) is 88.1 Å². The van der Waals surface area contributed by atoms with Crippen molar-refractivity contribution in [1.29, 1.82) is 0 Å². The monoisotopic (exact) mass is 357 g/mol. The molecule has 4 aromatic rings. The zero-order valence-corrected chi connectivity index (χ0v) is 14.2. The van der Waals surface area contributed by atoms with E-state index in [1.54, 1.807) is 54.6 Å². The van der Waals surface area contributed by atoms with Crippen LogP contribution < -0.4 is 15.9 Å². The SMILES string of the molecule is Nc1cccc(C(=O)Oc2c(-c3ccccc3)oc3ccccc3c2=O)c1. The lowest BCUT2D eigenvalue weighted by atomic mass is 10.1. The molecule has 27 heavy (non-hydrogen) atoms. The molecule has 0 amide bonds.